The Morgan fingerprint density at radius 3 is 2.81 bits per heavy atom. The Morgan fingerprint density at radius 1 is 1.38 bits per heavy atom. The number of rotatable bonds is 6. The van der Waals surface area contributed by atoms with Gasteiger partial charge in [0.05, 0.1) is 0 Å². The molecule has 2 N–H and O–H groups in total. The van der Waals surface area contributed by atoms with Gasteiger partial charge in [0.15, 0.2) is 0 Å². The molecule has 1 aliphatic rings. The molecule has 0 saturated carbocycles. The summed E-state index contributed by atoms with van der Waals surface area (Å²) in [5, 5.41) is 12.4. The van der Waals surface area contributed by atoms with E-state index in [0.717, 1.165) is 31.5 Å². The van der Waals surface area contributed by atoms with Crippen LogP contribution in [0.3, 0.4) is 0 Å². The van der Waals surface area contributed by atoms with Crippen LogP contribution >= 0.6 is 0 Å². The van der Waals surface area contributed by atoms with Crippen molar-refractivity contribution in [3.8, 4) is 0 Å². The number of aliphatic hydroxyl groups excluding tert-OH is 1. The van der Waals surface area contributed by atoms with Crippen molar-refractivity contribution in [2.24, 2.45) is 5.41 Å². The van der Waals surface area contributed by atoms with E-state index < -0.39 is 0 Å². The van der Waals surface area contributed by atoms with Gasteiger partial charge in [-0.25, -0.2) is 0 Å². The lowest BCUT2D eigenvalue weighted by Crippen LogP contribution is -2.15. The summed E-state index contributed by atoms with van der Waals surface area (Å²) in [6.45, 7) is 9.64. The molecule has 0 atom stereocenters. The summed E-state index contributed by atoms with van der Waals surface area (Å²) < 4.78 is 0. The highest BCUT2D eigenvalue weighted by Crippen LogP contribution is 2.41. The number of hydrogen-bond acceptors (Lipinski definition) is 2. The lowest BCUT2D eigenvalue weighted by atomic mass is 9.76. The Hall–Kier alpha value is -1.54. The van der Waals surface area contributed by atoms with Crippen LogP contribution in [0.5, 0.6) is 0 Å². The first-order chi connectivity index (χ1) is 10.1. The summed E-state index contributed by atoms with van der Waals surface area (Å²) in [7, 11) is 0. The molecule has 2 nitrogen and oxygen atoms in total. The van der Waals surface area contributed by atoms with Crippen LogP contribution in [-0.4, -0.2) is 18.3 Å². The molecule has 1 aromatic rings. The quantitative estimate of drug-likeness (QED) is 0.741. The second-order valence-corrected chi connectivity index (χ2v) is 6.58. The van der Waals surface area contributed by atoms with Crippen LogP contribution in [-0.2, 0) is 0 Å². The van der Waals surface area contributed by atoms with Crippen molar-refractivity contribution >= 4 is 17.3 Å². The molecule has 21 heavy (non-hydrogen) atoms. The number of anilines is 1. The summed E-state index contributed by atoms with van der Waals surface area (Å²) in [6.07, 6.45) is 8.57. The second kappa shape index (κ2) is 6.95. The van der Waals surface area contributed by atoms with Gasteiger partial charge in [-0.05, 0) is 48.3 Å². The Labute approximate surface area is 128 Å². The number of hydrogen-bond donors (Lipinski definition) is 2. The fourth-order valence-electron chi connectivity index (χ4n) is 2.85. The standard InChI is InChI=1S/C19H27NO/c1-4-15-7-5-8-17(20-13-6-14-21)18(15)16-9-11-19(2,3)12-10-16/h4-5,7-9,20-21H,1,6,10-14H2,2-3H3. The SMILES string of the molecule is C=Cc1cccc(NCCCO)c1C1=CCC(C)(C)CC1. The number of aliphatic hydroxyl groups is 1. The van der Waals surface area contributed by atoms with Crippen LogP contribution in [0.25, 0.3) is 11.6 Å². The van der Waals surface area contributed by atoms with E-state index in [1.54, 1.807) is 0 Å². The topological polar surface area (TPSA) is 32.3 Å². The summed E-state index contributed by atoms with van der Waals surface area (Å²) in [4.78, 5) is 0. The van der Waals surface area contributed by atoms with Crippen molar-refractivity contribution in [2.45, 2.75) is 39.5 Å². The van der Waals surface area contributed by atoms with Crippen molar-refractivity contribution in [1.82, 2.24) is 0 Å². The molecular weight excluding hydrogens is 258 g/mol. The normalized spacial score (nSPS) is 17.2. The average molecular weight is 285 g/mol. The zero-order valence-corrected chi connectivity index (χ0v) is 13.3. The monoisotopic (exact) mass is 285 g/mol. The highest BCUT2D eigenvalue weighted by molar-refractivity contribution is 5.83. The largest absolute Gasteiger partial charge is 0.396 e. The molecule has 0 radical (unpaired) electrons. The Morgan fingerprint density at radius 2 is 2.19 bits per heavy atom. The van der Waals surface area contributed by atoms with Crippen molar-refractivity contribution in [2.75, 3.05) is 18.5 Å². The number of allylic oxidation sites excluding steroid dienone is 2. The first-order valence-corrected chi connectivity index (χ1v) is 7.87. The van der Waals surface area contributed by atoms with Crippen LogP contribution in [0.1, 0.15) is 50.7 Å². The van der Waals surface area contributed by atoms with Gasteiger partial charge in [-0.15, -0.1) is 0 Å². The van der Waals surface area contributed by atoms with Gasteiger partial charge in [-0.3, -0.25) is 0 Å². The van der Waals surface area contributed by atoms with Gasteiger partial charge >= 0.3 is 0 Å². The Balaban J connectivity index is 2.31. The van der Waals surface area contributed by atoms with Crippen LogP contribution in [0.4, 0.5) is 5.69 Å². The molecule has 0 amide bonds. The van der Waals surface area contributed by atoms with E-state index in [1.165, 1.54) is 23.1 Å². The van der Waals surface area contributed by atoms with E-state index >= 15 is 0 Å². The van der Waals surface area contributed by atoms with Gasteiger partial charge < -0.3 is 10.4 Å². The van der Waals surface area contributed by atoms with E-state index in [2.05, 4.69) is 50.0 Å². The van der Waals surface area contributed by atoms with E-state index in [4.69, 9.17) is 5.11 Å². The zero-order chi connectivity index (χ0) is 15.3. The molecule has 0 aromatic heterocycles. The maximum Gasteiger partial charge on any atom is 0.0447 e. The molecule has 0 aliphatic heterocycles. The summed E-state index contributed by atoms with van der Waals surface area (Å²) in [5.74, 6) is 0. The maximum atomic E-state index is 8.95. The lowest BCUT2D eigenvalue weighted by molar-refractivity contribution is 0.292. The van der Waals surface area contributed by atoms with Gasteiger partial charge in [0, 0.05) is 24.4 Å². The molecule has 0 bridgehead atoms. The Bertz CT molecular complexity index is 528. The molecule has 0 spiro atoms. The fraction of sp³-hybridized carbons (Fsp3) is 0.474. The summed E-state index contributed by atoms with van der Waals surface area (Å²) >= 11 is 0. The summed E-state index contributed by atoms with van der Waals surface area (Å²) in [5.41, 5.74) is 5.48. The summed E-state index contributed by atoms with van der Waals surface area (Å²) in [6, 6.07) is 6.32. The smallest absolute Gasteiger partial charge is 0.0447 e. The van der Waals surface area contributed by atoms with Gasteiger partial charge in [-0.1, -0.05) is 44.7 Å². The Kier molecular flexibility index (Phi) is 5.24. The molecule has 114 valence electrons. The third-order valence-corrected chi connectivity index (χ3v) is 4.26. The van der Waals surface area contributed by atoms with Crippen LogP contribution in [0.15, 0.2) is 30.9 Å². The minimum atomic E-state index is 0.223. The minimum Gasteiger partial charge on any atom is -0.396 e. The maximum absolute atomic E-state index is 8.95. The molecule has 2 heteroatoms. The van der Waals surface area contributed by atoms with Crippen molar-refractivity contribution < 1.29 is 5.11 Å². The average Bonchev–Trinajstić information content (AvgIpc) is 2.47. The van der Waals surface area contributed by atoms with E-state index in [9.17, 15) is 0 Å². The first kappa shape index (κ1) is 15.8. The first-order valence-electron chi connectivity index (χ1n) is 7.87. The van der Waals surface area contributed by atoms with Crippen molar-refractivity contribution in [1.29, 1.82) is 0 Å². The van der Waals surface area contributed by atoms with Crippen molar-refractivity contribution in [3.05, 3.63) is 42.0 Å². The lowest BCUT2D eigenvalue weighted by Gasteiger charge is -2.30. The molecule has 1 aliphatic carbocycles. The minimum absolute atomic E-state index is 0.223. The fourth-order valence-corrected chi connectivity index (χ4v) is 2.85. The van der Waals surface area contributed by atoms with Gasteiger partial charge in [0.1, 0.15) is 0 Å². The van der Waals surface area contributed by atoms with Crippen LogP contribution < -0.4 is 5.32 Å². The molecule has 2 rings (SSSR count). The molecule has 1 aromatic carbocycles. The van der Waals surface area contributed by atoms with Gasteiger partial charge in [0.2, 0.25) is 0 Å². The van der Waals surface area contributed by atoms with Crippen LogP contribution in [0, 0.1) is 5.41 Å². The molecule has 0 fully saturated rings. The van der Waals surface area contributed by atoms with E-state index in [1.807, 2.05) is 6.08 Å². The predicted octanol–water partition coefficient (Wildman–Crippen LogP) is 4.72. The number of nitrogens with one attached hydrogen (secondary N) is 1. The molecular formula is C19H27NO. The molecule has 0 unspecified atom stereocenters. The van der Waals surface area contributed by atoms with E-state index in [-0.39, 0.29) is 6.61 Å². The molecule has 0 heterocycles. The zero-order valence-electron chi connectivity index (χ0n) is 13.3. The van der Waals surface area contributed by atoms with Crippen molar-refractivity contribution in [3.63, 3.8) is 0 Å². The highest BCUT2D eigenvalue weighted by atomic mass is 16.3. The highest BCUT2D eigenvalue weighted by Gasteiger charge is 2.23. The second-order valence-electron chi connectivity index (χ2n) is 6.58. The number of benzene rings is 1. The van der Waals surface area contributed by atoms with Crippen LogP contribution in [0.2, 0.25) is 0 Å². The van der Waals surface area contributed by atoms with Gasteiger partial charge in [-0.2, -0.15) is 0 Å². The van der Waals surface area contributed by atoms with E-state index in [0.29, 0.717) is 5.41 Å². The predicted molar refractivity (Wildman–Crippen MR) is 92.3 cm³/mol. The molecule has 0 saturated heterocycles. The third-order valence-electron chi connectivity index (χ3n) is 4.26. The van der Waals surface area contributed by atoms with Gasteiger partial charge in [0.25, 0.3) is 0 Å². The third kappa shape index (κ3) is 3.98.